The van der Waals surface area contributed by atoms with Gasteiger partial charge >= 0.3 is 0 Å². The van der Waals surface area contributed by atoms with Crippen molar-refractivity contribution >= 4 is 0 Å². The van der Waals surface area contributed by atoms with Gasteiger partial charge in [0.15, 0.2) is 0 Å². The molecule has 0 aliphatic heterocycles. The van der Waals surface area contributed by atoms with Gasteiger partial charge in [-0.2, -0.15) is 0 Å². The van der Waals surface area contributed by atoms with E-state index in [1.165, 1.54) is 31.2 Å². The zero-order valence-electron chi connectivity index (χ0n) is 11.6. The third kappa shape index (κ3) is 3.74. The van der Waals surface area contributed by atoms with Gasteiger partial charge in [0, 0.05) is 6.04 Å². The van der Waals surface area contributed by atoms with Gasteiger partial charge in [-0.3, -0.25) is 0 Å². The van der Waals surface area contributed by atoms with E-state index in [0.29, 0.717) is 0 Å². The van der Waals surface area contributed by atoms with Gasteiger partial charge in [0.2, 0.25) is 0 Å². The van der Waals surface area contributed by atoms with E-state index in [0.717, 1.165) is 30.7 Å². The van der Waals surface area contributed by atoms with E-state index in [-0.39, 0.29) is 0 Å². The summed E-state index contributed by atoms with van der Waals surface area (Å²) in [7, 11) is 1.72. The van der Waals surface area contributed by atoms with E-state index < -0.39 is 0 Å². The van der Waals surface area contributed by atoms with E-state index >= 15 is 0 Å². The van der Waals surface area contributed by atoms with Crippen molar-refractivity contribution < 1.29 is 4.74 Å². The fraction of sp³-hybridized carbons (Fsp3) is 0.625. The largest absolute Gasteiger partial charge is 0.497 e. The van der Waals surface area contributed by atoms with Crippen molar-refractivity contribution in [3.05, 3.63) is 29.8 Å². The Hall–Kier alpha value is -1.02. The van der Waals surface area contributed by atoms with Crippen molar-refractivity contribution in [1.82, 2.24) is 5.32 Å². The second-order valence-electron chi connectivity index (χ2n) is 5.34. The van der Waals surface area contributed by atoms with Crippen molar-refractivity contribution in [3.8, 4) is 5.75 Å². The summed E-state index contributed by atoms with van der Waals surface area (Å²) < 4.78 is 5.24. The second-order valence-corrected chi connectivity index (χ2v) is 5.34. The molecule has 0 bridgehead atoms. The molecule has 100 valence electrons. The van der Waals surface area contributed by atoms with Crippen LogP contribution in [0.25, 0.3) is 0 Å². The number of hydrogen-bond donors (Lipinski definition) is 1. The van der Waals surface area contributed by atoms with Crippen LogP contribution in [0, 0.1) is 5.92 Å². The molecule has 0 spiro atoms. The molecular formula is C16H25NO. The lowest BCUT2D eigenvalue weighted by atomic mass is 10.1. The third-order valence-corrected chi connectivity index (χ3v) is 4.10. The predicted octanol–water partition coefficient (Wildman–Crippen LogP) is 3.41. The molecule has 1 aromatic rings. The van der Waals surface area contributed by atoms with Gasteiger partial charge in [-0.1, -0.05) is 25.5 Å². The monoisotopic (exact) mass is 247 g/mol. The van der Waals surface area contributed by atoms with Crippen LogP contribution in [-0.4, -0.2) is 19.7 Å². The topological polar surface area (TPSA) is 21.3 Å². The normalized spacial score (nSPS) is 23.2. The Morgan fingerprint density at radius 1 is 1.33 bits per heavy atom. The van der Waals surface area contributed by atoms with Crippen LogP contribution in [0.2, 0.25) is 0 Å². The predicted molar refractivity (Wildman–Crippen MR) is 76.1 cm³/mol. The quantitative estimate of drug-likeness (QED) is 0.832. The van der Waals surface area contributed by atoms with Crippen LogP contribution >= 0.6 is 0 Å². The van der Waals surface area contributed by atoms with Crippen molar-refractivity contribution in [2.75, 3.05) is 13.7 Å². The van der Waals surface area contributed by atoms with Gasteiger partial charge in [0.05, 0.1) is 7.11 Å². The number of benzene rings is 1. The van der Waals surface area contributed by atoms with Gasteiger partial charge in [0.25, 0.3) is 0 Å². The van der Waals surface area contributed by atoms with E-state index in [4.69, 9.17) is 4.74 Å². The molecule has 0 amide bonds. The maximum atomic E-state index is 5.24. The van der Waals surface area contributed by atoms with Crippen LogP contribution in [-0.2, 0) is 6.42 Å². The molecule has 2 rings (SSSR count). The molecule has 18 heavy (non-hydrogen) atoms. The average Bonchev–Trinajstić information content (AvgIpc) is 2.87. The van der Waals surface area contributed by atoms with Gasteiger partial charge in [-0.05, 0) is 55.8 Å². The SMILES string of the molecule is CCC1CCC(NCCc2cccc(OC)c2)C1. The first-order valence-corrected chi connectivity index (χ1v) is 7.18. The first kappa shape index (κ1) is 13.4. The molecule has 1 aromatic carbocycles. The molecule has 1 saturated carbocycles. The Morgan fingerprint density at radius 3 is 2.94 bits per heavy atom. The smallest absolute Gasteiger partial charge is 0.119 e. The van der Waals surface area contributed by atoms with Crippen LogP contribution in [0.5, 0.6) is 5.75 Å². The third-order valence-electron chi connectivity index (χ3n) is 4.10. The first-order valence-electron chi connectivity index (χ1n) is 7.18. The van der Waals surface area contributed by atoms with Crippen molar-refractivity contribution in [1.29, 1.82) is 0 Å². The maximum absolute atomic E-state index is 5.24. The van der Waals surface area contributed by atoms with E-state index in [2.05, 4.69) is 30.4 Å². The minimum absolute atomic E-state index is 0.751. The molecular weight excluding hydrogens is 222 g/mol. The summed E-state index contributed by atoms with van der Waals surface area (Å²) in [6.07, 6.45) is 6.57. The molecule has 2 heteroatoms. The summed E-state index contributed by atoms with van der Waals surface area (Å²) in [5.74, 6) is 1.92. The zero-order valence-corrected chi connectivity index (χ0v) is 11.6. The van der Waals surface area contributed by atoms with Gasteiger partial charge in [-0.15, -0.1) is 0 Å². The second kappa shape index (κ2) is 6.79. The number of nitrogens with one attached hydrogen (secondary N) is 1. The molecule has 0 saturated heterocycles. The van der Waals surface area contributed by atoms with E-state index in [1.807, 2.05) is 6.07 Å². The number of hydrogen-bond acceptors (Lipinski definition) is 2. The van der Waals surface area contributed by atoms with Crippen LogP contribution in [0.15, 0.2) is 24.3 Å². The molecule has 2 atom stereocenters. The Morgan fingerprint density at radius 2 is 2.22 bits per heavy atom. The Balaban J connectivity index is 1.72. The van der Waals surface area contributed by atoms with Crippen LogP contribution < -0.4 is 10.1 Å². The summed E-state index contributed by atoms with van der Waals surface area (Å²) in [5, 5.41) is 3.69. The molecule has 1 aliphatic rings. The van der Waals surface area contributed by atoms with E-state index in [9.17, 15) is 0 Å². The van der Waals surface area contributed by atoms with E-state index in [1.54, 1.807) is 7.11 Å². The summed E-state index contributed by atoms with van der Waals surface area (Å²) in [6.45, 7) is 3.39. The highest BCUT2D eigenvalue weighted by atomic mass is 16.5. The summed E-state index contributed by atoms with van der Waals surface area (Å²) in [5.41, 5.74) is 1.35. The average molecular weight is 247 g/mol. The first-order chi connectivity index (χ1) is 8.81. The molecule has 0 heterocycles. The lowest BCUT2D eigenvalue weighted by Gasteiger charge is -2.13. The van der Waals surface area contributed by atoms with Crippen LogP contribution in [0.3, 0.4) is 0 Å². The fourth-order valence-electron chi connectivity index (χ4n) is 2.88. The molecule has 0 aromatic heterocycles. The number of ether oxygens (including phenoxy) is 1. The molecule has 1 aliphatic carbocycles. The Kier molecular flexibility index (Phi) is 5.06. The van der Waals surface area contributed by atoms with Crippen LogP contribution in [0.1, 0.15) is 38.2 Å². The highest BCUT2D eigenvalue weighted by molar-refractivity contribution is 5.28. The molecule has 2 nitrogen and oxygen atoms in total. The number of rotatable bonds is 6. The molecule has 1 fully saturated rings. The zero-order chi connectivity index (χ0) is 12.8. The van der Waals surface area contributed by atoms with Crippen molar-refractivity contribution in [2.24, 2.45) is 5.92 Å². The van der Waals surface area contributed by atoms with Gasteiger partial charge in [-0.25, -0.2) is 0 Å². The van der Waals surface area contributed by atoms with Crippen LogP contribution in [0.4, 0.5) is 0 Å². The Labute approximate surface area is 111 Å². The number of methoxy groups -OCH3 is 1. The molecule has 1 N–H and O–H groups in total. The van der Waals surface area contributed by atoms with Crippen molar-refractivity contribution in [2.45, 2.75) is 45.1 Å². The van der Waals surface area contributed by atoms with Gasteiger partial charge in [0.1, 0.15) is 5.75 Å². The standard InChI is InChI=1S/C16H25NO/c1-3-13-7-8-15(11-13)17-10-9-14-5-4-6-16(12-14)18-2/h4-6,12-13,15,17H,3,7-11H2,1-2H3. The minimum Gasteiger partial charge on any atom is -0.497 e. The highest BCUT2D eigenvalue weighted by Gasteiger charge is 2.22. The molecule has 2 unspecified atom stereocenters. The minimum atomic E-state index is 0.751. The molecule has 0 radical (unpaired) electrons. The van der Waals surface area contributed by atoms with Gasteiger partial charge < -0.3 is 10.1 Å². The highest BCUT2D eigenvalue weighted by Crippen LogP contribution is 2.27. The Bertz CT molecular complexity index is 364. The fourth-order valence-corrected chi connectivity index (χ4v) is 2.88. The summed E-state index contributed by atoms with van der Waals surface area (Å²) in [6, 6.07) is 9.12. The summed E-state index contributed by atoms with van der Waals surface area (Å²) in [4.78, 5) is 0. The maximum Gasteiger partial charge on any atom is 0.119 e. The summed E-state index contributed by atoms with van der Waals surface area (Å²) >= 11 is 0. The lowest BCUT2D eigenvalue weighted by Crippen LogP contribution is -2.28. The lowest BCUT2D eigenvalue weighted by molar-refractivity contribution is 0.414. The van der Waals surface area contributed by atoms with Crippen molar-refractivity contribution in [3.63, 3.8) is 0 Å².